The minimum Gasteiger partial charge on any atom is -0.360 e. The van der Waals surface area contributed by atoms with Gasteiger partial charge in [-0.25, -0.2) is 0 Å². The van der Waals surface area contributed by atoms with Crippen LogP contribution in [0.5, 0.6) is 0 Å². The van der Waals surface area contributed by atoms with Crippen molar-refractivity contribution in [1.82, 2.24) is 9.88 Å². The van der Waals surface area contributed by atoms with Gasteiger partial charge in [-0.15, -0.1) is 0 Å². The largest absolute Gasteiger partial charge is 0.360 e. The Hall–Kier alpha value is -1.48. The van der Waals surface area contributed by atoms with Crippen LogP contribution in [0.2, 0.25) is 5.02 Å². The van der Waals surface area contributed by atoms with Gasteiger partial charge >= 0.3 is 0 Å². The maximum absolute atomic E-state index is 12.6. The molecular weight excluding hydrogens is 260 g/mol. The Bertz CT molecular complexity index is 571. The van der Waals surface area contributed by atoms with Crippen LogP contribution in [0, 0.1) is 0 Å². The normalized spacial score (nSPS) is 10.9. The number of nitrogens with zero attached hydrogens (tertiary/aromatic N) is 1. The molecule has 0 spiro atoms. The summed E-state index contributed by atoms with van der Waals surface area (Å²) >= 11 is 6.02. The Labute approximate surface area is 118 Å². The van der Waals surface area contributed by atoms with Gasteiger partial charge < -0.3 is 9.88 Å². The summed E-state index contributed by atoms with van der Waals surface area (Å²) in [6.45, 7) is 5.75. The van der Waals surface area contributed by atoms with Crippen LogP contribution in [0.1, 0.15) is 37.0 Å². The first-order chi connectivity index (χ1) is 9.17. The molecule has 1 amide bonds. The van der Waals surface area contributed by atoms with Crippen molar-refractivity contribution < 1.29 is 4.79 Å². The summed E-state index contributed by atoms with van der Waals surface area (Å²) in [6.07, 6.45) is 3.71. The number of nitrogens with one attached hydrogen (secondary N) is 1. The van der Waals surface area contributed by atoms with E-state index < -0.39 is 0 Å². The fourth-order valence-electron chi connectivity index (χ4n) is 2.29. The monoisotopic (exact) mass is 278 g/mol. The van der Waals surface area contributed by atoms with Crippen LogP contribution in [0.4, 0.5) is 0 Å². The molecule has 4 heteroatoms. The summed E-state index contributed by atoms with van der Waals surface area (Å²) in [5.41, 5.74) is 1.65. The van der Waals surface area contributed by atoms with Crippen LogP contribution in [-0.4, -0.2) is 28.9 Å². The molecule has 0 fully saturated rings. The van der Waals surface area contributed by atoms with E-state index >= 15 is 0 Å². The molecule has 1 aromatic carbocycles. The minimum atomic E-state index is 0.0808. The van der Waals surface area contributed by atoms with Gasteiger partial charge in [0.15, 0.2) is 0 Å². The third-order valence-electron chi connectivity index (χ3n) is 3.15. The molecule has 0 bridgehead atoms. The second kappa shape index (κ2) is 6.11. The highest BCUT2D eigenvalue weighted by Crippen LogP contribution is 2.23. The van der Waals surface area contributed by atoms with Crippen molar-refractivity contribution >= 4 is 28.4 Å². The highest BCUT2D eigenvalue weighted by atomic mass is 35.5. The van der Waals surface area contributed by atoms with Crippen molar-refractivity contribution in [1.29, 1.82) is 0 Å². The maximum atomic E-state index is 12.6. The first-order valence-corrected chi connectivity index (χ1v) is 7.11. The Kier molecular flexibility index (Phi) is 4.48. The average molecular weight is 279 g/mol. The molecule has 0 aliphatic carbocycles. The third-order valence-corrected chi connectivity index (χ3v) is 3.38. The van der Waals surface area contributed by atoms with E-state index in [1.54, 1.807) is 6.20 Å². The summed E-state index contributed by atoms with van der Waals surface area (Å²) in [6, 6.07) is 5.57. The van der Waals surface area contributed by atoms with Crippen LogP contribution in [0.25, 0.3) is 10.9 Å². The Morgan fingerprint density at radius 1 is 1.26 bits per heavy atom. The number of amides is 1. The summed E-state index contributed by atoms with van der Waals surface area (Å²) in [5.74, 6) is 0.0808. The lowest BCUT2D eigenvalue weighted by Gasteiger charge is -2.21. The molecule has 19 heavy (non-hydrogen) atoms. The van der Waals surface area contributed by atoms with Crippen LogP contribution in [0.15, 0.2) is 24.4 Å². The van der Waals surface area contributed by atoms with Crippen molar-refractivity contribution in [3.63, 3.8) is 0 Å². The molecular formula is C15H19ClN2O. The number of hydrogen-bond donors (Lipinski definition) is 1. The van der Waals surface area contributed by atoms with Gasteiger partial charge in [0.1, 0.15) is 0 Å². The lowest BCUT2D eigenvalue weighted by molar-refractivity contribution is 0.0757. The molecule has 0 atom stereocenters. The molecule has 1 aromatic heterocycles. The van der Waals surface area contributed by atoms with Crippen molar-refractivity contribution in [2.45, 2.75) is 26.7 Å². The number of H-pyrrole nitrogens is 1. The summed E-state index contributed by atoms with van der Waals surface area (Å²) in [5, 5.41) is 1.55. The molecule has 0 radical (unpaired) electrons. The van der Waals surface area contributed by atoms with E-state index in [0.717, 1.165) is 36.8 Å². The molecule has 2 rings (SSSR count). The number of fused-ring (bicyclic) bond motifs is 1. The zero-order valence-electron chi connectivity index (χ0n) is 11.4. The van der Waals surface area contributed by atoms with Gasteiger partial charge in [0.25, 0.3) is 5.91 Å². The van der Waals surface area contributed by atoms with Crippen LogP contribution < -0.4 is 0 Å². The van der Waals surface area contributed by atoms with E-state index in [-0.39, 0.29) is 5.91 Å². The molecule has 1 N–H and O–H groups in total. The summed E-state index contributed by atoms with van der Waals surface area (Å²) < 4.78 is 0. The highest BCUT2D eigenvalue weighted by Gasteiger charge is 2.18. The Morgan fingerprint density at radius 2 is 1.95 bits per heavy atom. The number of hydrogen-bond acceptors (Lipinski definition) is 1. The van der Waals surface area contributed by atoms with Crippen LogP contribution >= 0.6 is 11.6 Å². The lowest BCUT2D eigenvalue weighted by Crippen LogP contribution is -2.32. The number of carbonyl (C=O) groups is 1. The molecule has 0 aliphatic heterocycles. The number of carbonyl (C=O) groups excluding carboxylic acids is 1. The number of benzene rings is 1. The van der Waals surface area contributed by atoms with E-state index in [1.807, 2.05) is 23.1 Å². The zero-order valence-corrected chi connectivity index (χ0v) is 12.1. The average Bonchev–Trinajstić information content (AvgIpc) is 2.80. The van der Waals surface area contributed by atoms with Gasteiger partial charge in [0, 0.05) is 35.2 Å². The van der Waals surface area contributed by atoms with Gasteiger partial charge in [-0.3, -0.25) is 4.79 Å². The molecule has 0 saturated heterocycles. The fraction of sp³-hybridized carbons (Fsp3) is 0.400. The van der Waals surface area contributed by atoms with Gasteiger partial charge in [-0.1, -0.05) is 25.4 Å². The second-order valence-corrected chi connectivity index (χ2v) is 5.12. The quantitative estimate of drug-likeness (QED) is 0.879. The maximum Gasteiger partial charge on any atom is 0.256 e. The van der Waals surface area contributed by atoms with Crippen molar-refractivity contribution in [2.75, 3.05) is 13.1 Å². The minimum absolute atomic E-state index is 0.0808. The van der Waals surface area contributed by atoms with E-state index in [0.29, 0.717) is 10.6 Å². The van der Waals surface area contributed by atoms with Gasteiger partial charge in [0.05, 0.1) is 5.56 Å². The zero-order chi connectivity index (χ0) is 13.8. The van der Waals surface area contributed by atoms with E-state index in [1.165, 1.54) is 0 Å². The predicted molar refractivity (Wildman–Crippen MR) is 79.8 cm³/mol. The molecule has 2 aromatic rings. The first kappa shape index (κ1) is 13.9. The number of aromatic nitrogens is 1. The Balaban J connectivity index is 2.36. The fourth-order valence-corrected chi connectivity index (χ4v) is 2.47. The lowest BCUT2D eigenvalue weighted by atomic mass is 10.1. The first-order valence-electron chi connectivity index (χ1n) is 6.73. The molecule has 0 aliphatic rings. The molecule has 3 nitrogen and oxygen atoms in total. The highest BCUT2D eigenvalue weighted by molar-refractivity contribution is 6.31. The van der Waals surface area contributed by atoms with Crippen molar-refractivity contribution in [2.24, 2.45) is 0 Å². The van der Waals surface area contributed by atoms with Crippen LogP contribution in [-0.2, 0) is 0 Å². The second-order valence-electron chi connectivity index (χ2n) is 4.68. The van der Waals surface area contributed by atoms with Gasteiger partial charge in [-0.2, -0.15) is 0 Å². The van der Waals surface area contributed by atoms with E-state index in [4.69, 9.17) is 11.6 Å². The van der Waals surface area contributed by atoms with Gasteiger partial charge in [-0.05, 0) is 31.0 Å². The van der Waals surface area contributed by atoms with Crippen molar-refractivity contribution in [3.8, 4) is 0 Å². The summed E-state index contributed by atoms with van der Waals surface area (Å²) in [4.78, 5) is 17.6. The van der Waals surface area contributed by atoms with Gasteiger partial charge in [0.2, 0.25) is 0 Å². The topological polar surface area (TPSA) is 36.1 Å². The van der Waals surface area contributed by atoms with E-state index in [9.17, 15) is 4.79 Å². The smallest absolute Gasteiger partial charge is 0.256 e. The van der Waals surface area contributed by atoms with Crippen molar-refractivity contribution in [3.05, 3.63) is 35.0 Å². The molecule has 0 unspecified atom stereocenters. The molecule has 1 heterocycles. The third kappa shape index (κ3) is 2.92. The number of aromatic amines is 1. The van der Waals surface area contributed by atoms with E-state index in [2.05, 4.69) is 18.8 Å². The summed E-state index contributed by atoms with van der Waals surface area (Å²) in [7, 11) is 0. The molecule has 102 valence electrons. The number of rotatable bonds is 5. The standard InChI is InChI=1S/C15H19ClN2O/c1-3-7-18(8-4-2)15(19)13-10-17-14-6-5-11(16)9-12(13)14/h5-6,9-10,17H,3-4,7-8H2,1-2H3. The SMILES string of the molecule is CCCN(CCC)C(=O)c1c[nH]c2ccc(Cl)cc12. The van der Waals surface area contributed by atoms with Crippen LogP contribution in [0.3, 0.4) is 0 Å². The molecule has 0 saturated carbocycles. The number of halogens is 1. The predicted octanol–water partition coefficient (Wildman–Crippen LogP) is 4.08. The Morgan fingerprint density at radius 3 is 2.58 bits per heavy atom.